The van der Waals surface area contributed by atoms with E-state index in [1.807, 2.05) is 24.3 Å². The zero-order chi connectivity index (χ0) is 23.6. The number of aliphatic hydroxyl groups excluding tert-OH is 4. The van der Waals surface area contributed by atoms with Gasteiger partial charge < -0.3 is 30.5 Å². The first-order chi connectivity index (χ1) is 16.0. The van der Waals surface area contributed by atoms with Gasteiger partial charge in [0.2, 0.25) is 0 Å². The van der Waals surface area contributed by atoms with Crippen LogP contribution < -0.4 is 5.32 Å². The maximum absolute atomic E-state index is 10.2. The molecule has 3 rings (SSSR count). The van der Waals surface area contributed by atoms with Crippen LogP contribution in [0.5, 0.6) is 0 Å². The molecular weight excluding hydrogens is 444 g/mol. The van der Waals surface area contributed by atoms with Gasteiger partial charge in [0.1, 0.15) is 24.4 Å². The number of nitrogens with zero attached hydrogens (tertiary/aromatic N) is 3. The fourth-order valence-electron chi connectivity index (χ4n) is 3.98. The molecule has 184 valence electrons. The van der Waals surface area contributed by atoms with E-state index in [1.165, 1.54) is 30.4 Å². The number of hydrogen-bond donors (Lipinski definition) is 6. The van der Waals surface area contributed by atoms with E-state index in [0.29, 0.717) is 0 Å². The van der Waals surface area contributed by atoms with Crippen molar-refractivity contribution in [2.75, 3.05) is 18.5 Å². The Labute approximate surface area is 200 Å². The Hall–Kier alpha value is -1.69. The average molecular weight is 481 g/mol. The third kappa shape index (κ3) is 7.66. The highest BCUT2D eigenvalue weighted by Gasteiger charge is 2.44. The highest BCUT2D eigenvalue weighted by molar-refractivity contribution is 7.80. The summed E-state index contributed by atoms with van der Waals surface area (Å²) in [5, 5.41) is 50.9. The van der Waals surface area contributed by atoms with Gasteiger partial charge in [-0.05, 0) is 43.5 Å². The minimum atomic E-state index is -1.43. The van der Waals surface area contributed by atoms with Gasteiger partial charge in [-0.15, -0.1) is 17.7 Å². The van der Waals surface area contributed by atoms with E-state index in [-0.39, 0.29) is 0 Å². The lowest BCUT2D eigenvalue weighted by molar-refractivity contribution is -0.254. The van der Waals surface area contributed by atoms with Gasteiger partial charge in [0.25, 0.3) is 0 Å². The van der Waals surface area contributed by atoms with Crippen LogP contribution in [0.15, 0.2) is 35.4 Å². The molecule has 5 atom stereocenters. The molecule has 10 heteroatoms. The molecule has 2 heterocycles. The molecule has 1 unspecified atom stereocenters. The van der Waals surface area contributed by atoms with Gasteiger partial charge in [-0.3, -0.25) is 0 Å². The van der Waals surface area contributed by atoms with Gasteiger partial charge >= 0.3 is 0 Å². The van der Waals surface area contributed by atoms with Gasteiger partial charge in [0.05, 0.1) is 18.5 Å². The lowest BCUT2D eigenvalue weighted by Gasteiger charge is -2.39. The molecule has 1 aliphatic heterocycles. The molecule has 1 aliphatic rings. The maximum atomic E-state index is 10.2. The first-order valence-corrected chi connectivity index (χ1v) is 12.2. The van der Waals surface area contributed by atoms with Crippen LogP contribution in [-0.2, 0) is 11.2 Å². The summed E-state index contributed by atoms with van der Waals surface area (Å²) in [6.45, 7) is 0.514. The van der Waals surface area contributed by atoms with Crippen LogP contribution in [0.4, 0.5) is 5.69 Å². The molecule has 33 heavy (non-hydrogen) atoms. The smallest absolute Gasteiger partial charge is 0.180 e. The van der Waals surface area contributed by atoms with Crippen molar-refractivity contribution in [2.45, 2.75) is 86.9 Å². The van der Waals surface area contributed by atoms with Crippen LogP contribution in [0.2, 0.25) is 0 Å². The fraction of sp³-hybridized carbons (Fsp3) is 0.652. The second-order valence-corrected chi connectivity index (χ2v) is 9.12. The topological polar surface area (TPSA) is 133 Å². The molecule has 0 saturated carbocycles. The first-order valence-electron chi connectivity index (χ1n) is 11.7. The Bertz CT molecular complexity index is 819. The number of aromatic nitrogens is 3. The van der Waals surface area contributed by atoms with E-state index in [4.69, 9.17) is 4.74 Å². The van der Waals surface area contributed by atoms with Crippen LogP contribution >= 0.6 is 12.6 Å². The fourth-order valence-corrected chi connectivity index (χ4v) is 4.13. The summed E-state index contributed by atoms with van der Waals surface area (Å²) >= 11 is 4.29. The van der Waals surface area contributed by atoms with Gasteiger partial charge in [0.15, 0.2) is 6.23 Å². The largest absolute Gasteiger partial charge is 0.394 e. The molecule has 9 nitrogen and oxygen atoms in total. The zero-order valence-corrected chi connectivity index (χ0v) is 19.7. The molecule has 0 spiro atoms. The molecule has 1 aromatic heterocycles. The van der Waals surface area contributed by atoms with Crippen LogP contribution in [-0.4, -0.2) is 73.0 Å². The van der Waals surface area contributed by atoms with Crippen molar-refractivity contribution in [2.24, 2.45) is 0 Å². The van der Waals surface area contributed by atoms with Crippen molar-refractivity contribution in [3.8, 4) is 0 Å². The third-order valence-electron chi connectivity index (χ3n) is 5.99. The predicted octanol–water partition coefficient (Wildman–Crippen LogP) is 1.92. The summed E-state index contributed by atoms with van der Waals surface area (Å²) in [4.78, 5) is 0.971. The highest BCUT2D eigenvalue weighted by atomic mass is 32.1. The Balaban J connectivity index is 1.26. The van der Waals surface area contributed by atoms with Gasteiger partial charge in [0, 0.05) is 17.1 Å². The van der Waals surface area contributed by atoms with Crippen molar-refractivity contribution in [1.82, 2.24) is 15.0 Å². The maximum Gasteiger partial charge on any atom is 0.180 e. The number of ether oxygens (including phenoxy) is 1. The molecule has 0 bridgehead atoms. The quantitative estimate of drug-likeness (QED) is 0.189. The number of unbranched alkanes of at least 4 members (excludes halogenated alkanes) is 6. The van der Waals surface area contributed by atoms with E-state index in [2.05, 4.69) is 28.3 Å². The van der Waals surface area contributed by atoms with Crippen molar-refractivity contribution in [1.29, 1.82) is 0 Å². The van der Waals surface area contributed by atoms with Gasteiger partial charge in [-0.2, -0.15) is 0 Å². The molecule has 0 amide bonds. The minimum absolute atomic E-state index is 0.469. The summed E-state index contributed by atoms with van der Waals surface area (Å²) in [6, 6.07) is 8.07. The van der Waals surface area contributed by atoms with Gasteiger partial charge in [-0.1, -0.05) is 37.3 Å². The summed E-state index contributed by atoms with van der Waals surface area (Å²) in [6.07, 6.45) is 4.42. The summed E-state index contributed by atoms with van der Waals surface area (Å²) in [5.74, 6) is 0. The lowest BCUT2D eigenvalue weighted by Crippen LogP contribution is -2.56. The van der Waals surface area contributed by atoms with Crippen LogP contribution in [0, 0.1) is 0 Å². The normalized spacial score (nSPS) is 25.3. The Kier molecular flexibility index (Phi) is 10.4. The monoisotopic (exact) mass is 480 g/mol. The number of benzene rings is 1. The van der Waals surface area contributed by atoms with Crippen LogP contribution in [0.1, 0.15) is 56.9 Å². The van der Waals surface area contributed by atoms with E-state index in [0.717, 1.165) is 48.5 Å². The molecule has 0 radical (unpaired) electrons. The third-order valence-corrected chi connectivity index (χ3v) is 6.29. The van der Waals surface area contributed by atoms with Crippen molar-refractivity contribution in [3.63, 3.8) is 0 Å². The van der Waals surface area contributed by atoms with Crippen molar-refractivity contribution in [3.05, 3.63) is 36.2 Å². The number of aryl methyl sites for hydroxylation is 1. The molecule has 1 aromatic carbocycles. The Morgan fingerprint density at radius 1 is 0.909 bits per heavy atom. The highest BCUT2D eigenvalue weighted by Crippen LogP contribution is 2.27. The number of hydrogen-bond acceptors (Lipinski definition) is 9. The second-order valence-electron chi connectivity index (χ2n) is 8.61. The van der Waals surface area contributed by atoms with Crippen LogP contribution in [0.3, 0.4) is 0 Å². The van der Waals surface area contributed by atoms with E-state index in [9.17, 15) is 20.4 Å². The SMILES string of the molecule is OC[C@H]1OC(n2cc(CCCCCCCCCNc3ccc(S)cc3)nn2)[C@@H](O)[C@H](O)[C@H]1O. The molecule has 1 saturated heterocycles. The number of thiol groups is 1. The average Bonchev–Trinajstić information content (AvgIpc) is 3.29. The molecular formula is C23H36N4O5S. The lowest BCUT2D eigenvalue weighted by atomic mass is 9.98. The zero-order valence-electron chi connectivity index (χ0n) is 18.8. The molecule has 2 aromatic rings. The van der Waals surface area contributed by atoms with Crippen molar-refractivity contribution >= 4 is 18.3 Å². The molecule has 1 fully saturated rings. The molecule has 5 N–H and O–H groups in total. The summed E-state index contributed by atoms with van der Waals surface area (Å²) < 4.78 is 6.85. The van der Waals surface area contributed by atoms with E-state index >= 15 is 0 Å². The summed E-state index contributed by atoms with van der Waals surface area (Å²) in [5.41, 5.74) is 1.92. The number of anilines is 1. The predicted molar refractivity (Wildman–Crippen MR) is 127 cm³/mol. The minimum Gasteiger partial charge on any atom is -0.394 e. The Morgan fingerprint density at radius 2 is 1.58 bits per heavy atom. The van der Waals surface area contributed by atoms with Gasteiger partial charge in [-0.25, -0.2) is 4.68 Å². The number of rotatable bonds is 13. The summed E-state index contributed by atoms with van der Waals surface area (Å²) in [7, 11) is 0. The van der Waals surface area contributed by atoms with E-state index in [1.54, 1.807) is 6.20 Å². The second kappa shape index (κ2) is 13.3. The standard InChI is InChI=1S/C23H36N4O5S/c28-15-19-20(29)21(30)22(31)23(32-19)27-14-17(25-26-27)8-6-4-2-1-3-5-7-13-24-16-9-11-18(33)12-10-16/h9-12,14,19-24,28-31,33H,1-8,13,15H2/t19-,20+,21-,22+,23?/m1/s1. The molecule has 0 aliphatic carbocycles. The van der Waals surface area contributed by atoms with Crippen molar-refractivity contribution < 1.29 is 25.2 Å². The first kappa shape index (κ1) is 25.9. The Morgan fingerprint density at radius 3 is 2.27 bits per heavy atom. The van der Waals surface area contributed by atoms with E-state index < -0.39 is 37.3 Å². The van der Waals surface area contributed by atoms with Crippen LogP contribution in [0.25, 0.3) is 0 Å². The number of aliphatic hydroxyl groups is 4. The number of nitrogens with one attached hydrogen (secondary N) is 1.